The van der Waals surface area contributed by atoms with Crippen molar-refractivity contribution in [3.05, 3.63) is 34.5 Å². The number of rotatable bonds is 2. The summed E-state index contributed by atoms with van der Waals surface area (Å²) in [7, 11) is 0. The van der Waals surface area contributed by atoms with Crippen LogP contribution in [0.3, 0.4) is 0 Å². The third kappa shape index (κ3) is 2.53. The van der Waals surface area contributed by atoms with E-state index in [0.29, 0.717) is 0 Å². The summed E-state index contributed by atoms with van der Waals surface area (Å²) in [5, 5.41) is 8.95. The number of nitrogens with one attached hydrogen (secondary N) is 1. The van der Waals surface area contributed by atoms with E-state index in [0.717, 1.165) is 12.1 Å². The van der Waals surface area contributed by atoms with Crippen molar-refractivity contribution in [2.75, 3.05) is 0 Å². The highest BCUT2D eigenvalue weighted by atomic mass is 35.5. The Morgan fingerprint density at radius 1 is 1.32 bits per heavy atom. The molecule has 0 radical (unpaired) electrons. The van der Waals surface area contributed by atoms with Crippen molar-refractivity contribution in [2.45, 2.75) is 6.18 Å². The lowest BCUT2D eigenvalue weighted by Crippen LogP contribution is -2.14. The third-order valence-corrected chi connectivity index (χ3v) is 2.56. The highest BCUT2D eigenvalue weighted by Gasteiger charge is 2.35. The minimum atomic E-state index is -4.64. The fourth-order valence-corrected chi connectivity index (χ4v) is 1.72. The largest absolute Gasteiger partial charge is 0.417 e. The molecule has 5 nitrogen and oxygen atoms in total. The van der Waals surface area contributed by atoms with Gasteiger partial charge in [-0.2, -0.15) is 28.6 Å². The Balaban J connectivity index is 2.69. The molecule has 100 valence electrons. The molecule has 1 heterocycles. The first-order chi connectivity index (χ1) is 8.80. The number of hydrogen-bond donors (Lipinski definition) is 2. The lowest BCUT2D eigenvalue weighted by molar-refractivity contribution is -0.137. The maximum Gasteiger partial charge on any atom is 0.417 e. The van der Waals surface area contributed by atoms with E-state index in [2.05, 4.69) is 15.4 Å². The van der Waals surface area contributed by atoms with E-state index < -0.39 is 17.6 Å². The predicted octanol–water partition coefficient (Wildman–Crippen LogP) is 2.24. The van der Waals surface area contributed by atoms with Gasteiger partial charge in [-0.3, -0.25) is 4.79 Å². The zero-order valence-electron chi connectivity index (χ0n) is 9.12. The minimum absolute atomic E-state index is 0.0832. The van der Waals surface area contributed by atoms with Crippen LogP contribution in [0, 0.1) is 0 Å². The molecule has 0 atom stereocenters. The Bertz CT molecular complexity index is 638. The number of carbonyl (C=O) groups is 1. The molecule has 0 saturated heterocycles. The number of benzene rings is 1. The second kappa shape index (κ2) is 4.54. The number of alkyl halides is 3. The molecule has 0 spiro atoms. The van der Waals surface area contributed by atoms with E-state index in [1.54, 1.807) is 0 Å². The molecule has 0 aliphatic rings. The Morgan fingerprint density at radius 3 is 2.58 bits per heavy atom. The molecule has 2 aromatic rings. The number of primary amides is 1. The van der Waals surface area contributed by atoms with Crippen LogP contribution in [0.4, 0.5) is 13.2 Å². The Kier molecular flexibility index (Phi) is 3.19. The lowest BCUT2D eigenvalue weighted by atomic mass is 10.0. The van der Waals surface area contributed by atoms with Crippen molar-refractivity contribution >= 4 is 17.5 Å². The summed E-state index contributed by atoms with van der Waals surface area (Å²) in [4.78, 5) is 11.1. The van der Waals surface area contributed by atoms with Gasteiger partial charge in [0.2, 0.25) is 0 Å². The number of aromatic nitrogens is 3. The van der Waals surface area contributed by atoms with E-state index in [-0.39, 0.29) is 22.0 Å². The van der Waals surface area contributed by atoms with E-state index in [1.807, 2.05) is 0 Å². The van der Waals surface area contributed by atoms with E-state index in [4.69, 9.17) is 17.3 Å². The number of nitrogens with two attached hydrogens (primary N) is 1. The molecule has 0 aliphatic heterocycles. The molecular weight excluding hydrogens is 285 g/mol. The van der Waals surface area contributed by atoms with Gasteiger partial charge in [0.05, 0.1) is 5.56 Å². The van der Waals surface area contributed by atoms with Crippen molar-refractivity contribution in [1.29, 1.82) is 0 Å². The van der Waals surface area contributed by atoms with Crippen LogP contribution < -0.4 is 5.73 Å². The monoisotopic (exact) mass is 290 g/mol. The molecule has 0 unspecified atom stereocenters. The predicted molar refractivity (Wildman–Crippen MR) is 60.3 cm³/mol. The Hall–Kier alpha value is -2.09. The molecule has 1 aromatic heterocycles. The number of hydrogen-bond acceptors (Lipinski definition) is 3. The summed E-state index contributed by atoms with van der Waals surface area (Å²) in [5.41, 5.74) is 3.04. The normalized spacial score (nSPS) is 11.6. The van der Waals surface area contributed by atoms with Crippen LogP contribution in [0.15, 0.2) is 18.2 Å². The van der Waals surface area contributed by atoms with Gasteiger partial charge in [0, 0.05) is 10.6 Å². The molecule has 19 heavy (non-hydrogen) atoms. The number of amides is 1. The number of carbonyl (C=O) groups excluding carboxylic acids is 1. The standard InChI is InChI=1S/C10H6ClF3N4O/c11-4-1-2-5(6(3-4)10(12,13)14)7-8(9(15)19)17-18-16-7/h1-3H,(H2,15,19)(H,16,17,18). The average Bonchev–Trinajstić information content (AvgIpc) is 2.76. The van der Waals surface area contributed by atoms with Gasteiger partial charge < -0.3 is 5.73 Å². The van der Waals surface area contributed by atoms with E-state index in [1.165, 1.54) is 6.07 Å². The zero-order valence-corrected chi connectivity index (χ0v) is 9.88. The average molecular weight is 291 g/mol. The van der Waals surface area contributed by atoms with Gasteiger partial charge in [-0.05, 0) is 12.1 Å². The van der Waals surface area contributed by atoms with Crippen molar-refractivity contribution in [3.8, 4) is 11.3 Å². The molecule has 3 N–H and O–H groups in total. The minimum Gasteiger partial charge on any atom is -0.364 e. The third-order valence-electron chi connectivity index (χ3n) is 2.32. The maximum atomic E-state index is 12.9. The van der Waals surface area contributed by atoms with Gasteiger partial charge >= 0.3 is 6.18 Å². The Morgan fingerprint density at radius 2 is 2.00 bits per heavy atom. The van der Waals surface area contributed by atoms with Crippen LogP contribution in [-0.4, -0.2) is 21.3 Å². The summed E-state index contributed by atoms with van der Waals surface area (Å²) in [6.45, 7) is 0. The lowest BCUT2D eigenvalue weighted by Gasteiger charge is -2.11. The molecular formula is C10H6ClF3N4O. The van der Waals surface area contributed by atoms with Crippen molar-refractivity contribution in [3.63, 3.8) is 0 Å². The van der Waals surface area contributed by atoms with Crippen LogP contribution in [0.25, 0.3) is 11.3 Å². The first-order valence-electron chi connectivity index (χ1n) is 4.88. The van der Waals surface area contributed by atoms with Gasteiger partial charge in [-0.15, -0.1) is 0 Å². The zero-order chi connectivity index (χ0) is 14.2. The van der Waals surface area contributed by atoms with E-state index in [9.17, 15) is 18.0 Å². The topological polar surface area (TPSA) is 84.7 Å². The second-order valence-corrected chi connectivity index (χ2v) is 4.01. The van der Waals surface area contributed by atoms with Gasteiger partial charge in [0.15, 0.2) is 5.69 Å². The fraction of sp³-hybridized carbons (Fsp3) is 0.100. The van der Waals surface area contributed by atoms with E-state index >= 15 is 0 Å². The van der Waals surface area contributed by atoms with Crippen molar-refractivity contribution < 1.29 is 18.0 Å². The SMILES string of the molecule is NC(=O)c1n[nH]nc1-c1ccc(Cl)cc1C(F)(F)F. The van der Waals surface area contributed by atoms with Gasteiger partial charge in [0.1, 0.15) is 5.69 Å². The molecule has 0 bridgehead atoms. The quantitative estimate of drug-likeness (QED) is 0.889. The smallest absolute Gasteiger partial charge is 0.364 e. The maximum absolute atomic E-state index is 12.9. The molecule has 2 rings (SSSR count). The van der Waals surface area contributed by atoms with Crippen LogP contribution in [0.1, 0.15) is 16.1 Å². The highest BCUT2D eigenvalue weighted by molar-refractivity contribution is 6.30. The molecule has 1 aromatic carbocycles. The van der Waals surface area contributed by atoms with Gasteiger partial charge in [0.25, 0.3) is 5.91 Å². The molecule has 1 amide bonds. The van der Waals surface area contributed by atoms with Crippen LogP contribution in [0.2, 0.25) is 5.02 Å². The number of halogens is 4. The Labute approximate surface area is 109 Å². The summed E-state index contributed by atoms with van der Waals surface area (Å²) in [5.74, 6) is -0.980. The van der Waals surface area contributed by atoms with Crippen LogP contribution >= 0.6 is 11.6 Å². The van der Waals surface area contributed by atoms with Gasteiger partial charge in [-0.1, -0.05) is 17.7 Å². The molecule has 0 fully saturated rings. The molecule has 0 saturated carbocycles. The number of H-pyrrole nitrogens is 1. The van der Waals surface area contributed by atoms with Crippen LogP contribution in [-0.2, 0) is 6.18 Å². The second-order valence-electron chi connectivity index (χ2n) is 3.57. The molecule has 9 heteroatoms. The first-order valence-corrected chi connectivity index (χ1v) is 5.26. The molecule has 0 aliphatic carbocycles. The number of nitrogens with zero attached hydrogens (tertiary/aromatic N) is 2. The number of aromatic amines is 1. The first kappa shape index (κ1) is 13.3. The van der Waals surface area contributed by atoms with Crippen molar-refractivity contribution in [1.82, 2.24) is 15.4 Å². The summed E-state index contributed by atoms with van der Waals surface area (Å²) >= 11 is 5.55. The van der Waals surface area contributed by atoms with Gasteiger partial charge in [-0.25, -0.2) is 0 Å². The summed E-state index contributed by atoms with van der Waals surface area (Å²) < 4.78 is 38.8. The van der Waals surface area contributed by atoms with Crippen LogP contribution in [0.5, 0.6) is 0 Å². The summed E-state index contributed by atoms with van der Waals surface area (Å²) in [6, 6.07) is 3.11. The van der Waals surface area contributed by atoms with Crippen molar-refractivity contribution in [2.24, 2.45) is 5.73 Å². The fourth-order valence-electron chi connectivity index (χ4n) is 1.55. The highest BCUT2D eigenvalue weighted by Crippen LogP contribution is 2.38. The summed E-state index contributed by atoms with van der Waals surface area (Å²) in [6.07, 6.45) is -4.64.